The van der Waals surface area contributed by atoms with E-state index in [0.29, 0.717) is 52.7 Å². The minimum Gasteiger partial charge on any atom is -0.378 e. The van der Waals surface area contributed by atoms with Gasteiger partial charge in [0.25, 0.3) is 0 Å². The van der Waals surface area contributed by atoms with E-state index in [-0.39, 0.29) is 24.3 Å². The standard InChI is InChI=1S/C16H30N4O6/c17-1-3-23-5-7-25-9-11(19)13-14(16(22)15(13)21)12(20)10-26-8-6-24-4-2-18/h11-12H,1-10,17-20H2. The van der Waals surface area contributed by atoms with Crippen molar-refractivity contribution in [3.63, 3.8) is 0 Å². The predicted molar refractivity (Wildman–Crippen MR) is 96.6 cm³/mol. The summed E-state index contributed by atoms with van der Waals surface area (Å²) in [6.45, 7) is 3.33. The summed E-state index contributed by atoms with van der Waals surface area (Å²) in [5.41, 5.74) is 21.7. The first-order valence-electron chi connectivity index (χ1n) is 8.59. The number of nitrogens with two attached hydrogens (primary N) is 4. The molecule has 1 aromatic carbocycles. The van der Waals surface area contributed by atoms with E-state index in [2.05, 4.69) is 0 Å². The van der Waals surface area contributed by atoms with Gasteiger partial charge in [-0.05, 0) is 0 Å². The van der Waals surface area contributed by atoms with E-state index in [1.54, 1.807) is 0 Å². The van der Waals surface area contributed by atoms with E-state index < -0.39 is 22.9 Å². The van der Waals surface area contributed by atoms with Crippen LogP contribution in [-0.4, -0.2) is 65.9 Å². The molecular formula is C16H30N4O6. The highest BCUT2D eigenvalue weighted by Gasteiger charge is 2.29. The van der Waals surface area contributed by atoms with Crippen LogP contribution in [0, 0.1) is 0 Å². The van der Waals surface area contributed by atoms with Crippen LogP contribution in [0.5, 0.6) is 0 Å². The number of rotatable bonds is 16. The van der Waals surface area contributed by atoms with Gasteiger partial charge in [-0.1, -0.05) is 0 Å². The third-order valence-electron chi connectivity index (χ3n) is 3.59. The fraction of sp³-hybridized carbons (Fsp3) is 0.750. The summed E-state index contributed by atoms with van der Waals surface area (Å²) in [4.78, 5) is 23.7. The molecule has 2 atom stereocenters. The molecule has 0 saturated carbocycles. The zero-order valence-electron chi connectivity index (χ0n) is 15.0. The summed E-state index contributed by atoms with van der Waals surface area (Å²) in [7, 11) is 0. The summed E-state index contributed by atoms with van der Waals surface area (Å²) in [6, 6.07) is -1.44. The molecule has 0 aromatic heterocycles. The zero-order valence-corrected chi connectivity index (χ0v) is 15.0. The van der Waals surface area contributed by atoms with Gasteiger partial charge >= 0.3 is 0 Å². The molecule has 26 heavy (non-hydrogen) atoms. The van der Waals surface area contributed by atoms with E-state index in [9.17, 15) is 9.59 Å². The molecule has 0 aliphatic heterocycles. The Morgan fingerprint density at radius 1 is 0.615 bits per heavy atom. The molecule has 0 amide bonds. The molecule has 10 heteroatoms. The fourth-order valence-corrected chi connectivity index (χ4v) is 2.36. The number of hydrogen-bond acceptors (Lipinski definition) is 10. The SMILES string of the molecule is NCCOCCOCC(N)c1c(C(N)COCCOCCN)c(=O)c1=O. The number of ether oxygens (including phenoxy) is 4. The second kappa shape index (κ2) is 13.0. The Hall–Kier alpha value is -1.24. The summed E-state index contributed by atoms with van der Waals surface area (Å²) in [5, 5.41) is 0. The molecule has 0 radical (unpaired) electrons. The van der Waals surface area contributed by atoms with Crippen molar-refractivity contribution in [3.05, 3.63) is 31.6 Å². The average molecular weight is 374 g/mol. The van der Waals surface area contributed by atoms with Crippen molar-refractivity contribution in [2.75, 3.05) is 65.9 Å². The summed E-state index contributed by atoms with van der Waals surface area (Å²) in [5.74, 6) is 0. The van der Waals surface area contributed by atoms with E-state index >= 15 is 0 Å². The summed E-state index contributed by atoms with van der Waals surface area (Å²) < 4.78 is 21.0. The van der Waals surface area contributed by atoms with Gasteiger partial charge in [0.2, 0.25) is 10.9 Å². The molecule has 0 heterocycles. The lowest BCUT2D eigenvalue weighted by molar-refractivity contribution is 0.0428. The Kier molecular flexibility index (Phi) is 11.4. The van der Waals surface area contributed by atoms with Gasteiger partial charge in [-0.15, -0.1) is 0 Å². The maximum absolute atomic E-state index is 11.8. The lowest BCUT2D eigenvalue weighted by Gasteiger charge is -2.21. The fourth-order valence-electron chi connectivity index (χ4n) is 2.36. The lowest BCUT2D eigenvalue weighted by Crippen LogP contribution is -2.47. The Morgan fingerprint density at radius 3 is 1.31 bits per heavy atom. The molecule has 2 unspecified atom stereocenters. The summed E-state index contributed by atoms with van der Waals surface area (Å²) in [6.07, 6.45) is 0. The van der Waals surface area contributed by atoms with E-state index in [1.807, 2.05) is 0 Å². The molecule has 0 spiro atoms. The highest BCUT2D eigenvalue weighted by Crippen LogP contribution is 2.17. The Morgan fingerprint density at radius 2 is 0.962 bits per heavy atom. The van der Waals surface area contributed by atoms with Crippen molar-refractivity contribution in [2.45, 2.75) is 12.1 Å². The Labute approximate surface area is 152 Å². The van der Waals surface area contributed by atoms with Crippen LogP contribution < -0.4 is 33.8 Å². The minimum atomic E-state index is -0.719. The highest BCUT2D eigenvalue weighted by atomic mass is 16.5. The van der Waals surface area contributed by atoms with Gasteiger partial charge in [0, 0.05) is 24.2 Å². The van der Waals surface area contributed by atoms with E-state index in [0.717, 1.165) is 0 Å². The van der Waals surface area contributed by atoms with Crippen molar-refractivity contribution in [3.8, 4) is 0 Å². The Bertz CT molecular complexity index is 525. The van der Waals surface area contributed by atoms with Gasteiger partial charge in [0.15, 0.2) is 0 Å². The van der Waals surface area contributed by atoms with E-state index in [1.165, 1.54) is 0 Å². The van der Waals surface area contributed by atoms with Gasteiger partial charge in [-0.25, -0.2) is 0 Å². The maximum Gasteiger partial charge on any atom is 0.231 e. The predicted octanol–water partition coefficient (Wildman–Crippen LogP) is -2.73. The first kappa shape index (κ1) is 22.8. The van der Waals surface area contributed by atoms with Crippen molar-refractivity contribution >= 4 is 0 Å². The van der Waals surface area contributed by atoms with Crippen LogP contribution in [0.1, 0.15) is 23.2 Å². The van der Waals surface area contributed by atoms with Crippen molar-refractivity contribution < 1.29 is 18.9 Å². The third-order valence-corrected chi connectivity index (χ3v) is 3.59. The molecule has 0 aliphatic carbocycles. The lowest BCUT2D eigenvalue weighted by atomic mass is 9.90. The highest BCUT2D eigenvalue weighted by molar-refractivity contribution is 5.38. The van der Waals surface area contributed by atoms with Gasteiger partial charge < -0.3 is 41.9 Å². The zero-order chi connectivity index (χ0) is 19.4. The monoisotopic (exact) mass is 374 g/mol. The third kappa shape index (κ3) is 7.17. The minimum absolute atomic E-state index is 0.0876. The molecule has 0 saturated heterocycles. The van der Waals surface area contributed by atoms with Crippen molar-refractivity contribution in [2.24, 2.45) is 22.9 Å². The van der Waals surface area contributed by atoms with Crippen molar-refractivity contribution in [1.82, 2.24) is 0 Å². The van der Waals surface area contributed by atoms with Gasteiger partial charge in [0.1, 0.15) is 0 Å². The van der Waals surface area contributed by atoms with E-state index in [4.69, 9.17) is 41.9 Å². The molecule has 10 nitrogen and oxygen atoms in total. The first-order valence-corrected chi connectivity index (χ1v) is 8.59. The quantitative estimate of drug-likeness (QED) is 0.175. The second-order valence-corrected chi connectivity index (χ2v) is 5.65. The van der Waals surface area contributed by atoms with Crippen LogP contribution in [0.4, 0.5) is 0 Å². The number of hydrogen-bond donors (Lipinski definition) is 4. The second-order valence-electron chi connectivity index (χ2n) is 5.65. The average Bonchev–Trinajstić information content (AvgIpc) is 2.64. The van der Waals surface area contributed by atoms with Gasteiger partial charge in [-0.3, -0.25) is 9.59 Å². The molecule has 8 N–H and O–H groups in total. The molecule has 1 aromatic rings. The molecule has 0 bridgehead atoms. The van der Waals surface area contributed by atoms with Crippen LogP contribution in [-0.2, 0) is 18.9 Å². The smallest absolute Gasteiger partial charge is 0.231 e. The largest absolute Gasteiger partial charge is 0.378 e. The van der Waals surface area contributed by atoms with Crippen LogP contribution in [0.2, 0.25) is 0 Å². The first-order chi connectivity index (χ1) is 12.5. The molecule has 0 aliphatic rings. The molecule has 1 rings (SSSR count). The molecular weight excluding hydrogens is 344 g/mol. The maximum atomic E-state index is 11.8. The molecule has 0 fully saturated rings. The van der Waals surface area contributed by atoms with Gasteiger partial charge in [-0.2, -0.15) is 0 Å². The van der Waals surface area contributed by atoms with Crippen molar-refractivity contribution in [1.29, 1.82) is 0 Å². The van der Waals surface area contributed by atoms with Crippen LogP contribution in [0.3, 0.4) is 0 Å². The van der Waals surface area contributed by atoms with Gasteiger partial charge in [0.05, 0.1) is 64.9 Å². The van der Waals surface area contributed by atoms with Crippen LogP contribution in [0.15, 0.2) is 9.59 Å². The summed E-state index contributed by atoms with van der Waals surface area (Å²) >= 11 is 0. The van der Waals surface area contributed by atoms with Crippen LogP contribution >= 0.6 is 0 Å². The topological polar surface area (TPSA) is 175 Å². The van der Waals surface area contributed by atoms with Crippen LogP contribution in [0.25, 0.3) is 0 Å². The Balaban J connectivity index is 2.41. The molecule has 150 valence electrons. The normalized spacial score (nSPS) is 14.0.